The molecule has 1 aromatic carbocycles. The Balaban J connectivity index is 1.82. The Labute approximate surface area is 126 Å². The third-order valence-corrected chi connectivity index (χ3v) is 4.55. The van der Waals surface area contributed by atoms with Gasteiger partial charge in [0.1, 0.15) is 11.5 Å². The van der Waals surface area contributed by atoms with E-state index in [0.717, 1.165) is 17.4 Å². The predicted octanol–water partition coefficient (Wildman–Crippen LogP) is 3.85. The van der Waals surface area contributed by atoms with E-state index in [4.69, 9.17) is 10.2 Å². The predicted molar refractivity (Wildman–Crippen MR) is 86.6 cm³/mol. The molecule has 0 amide bonds. The second kappa shape index (κ2) is 5.57. The summed E-state index contributed by atoms with van der Waals surface area (Å²) in [6.45, 7) is 4.91. The van der Waals surface area contributed by atoms with Gasteiger partial charge in [0, 0.05) is 25.2 Å². The van der Waals surface area contributed by atoms with Crippen LogP contribution < -0.4 is 10.6 Å². The van der Waals surface area contributed by atoms with Crippen molar-refractivity contribution in [3.05, 3.63) is 53.5 Å². The van der Waals surface area contributed by atoms with Crippen molar-refractivity contribution < 1.29 is 4.42 Å². The van der Waals surface area contributed by atoms with Gasteiger partial charge in [-0.15, -0.1) is 0 Å². The van der Waals surface area contributed by atoms with Crippen LogP contribution in [0.1, 0.15) is 42.4 Å². The van der Waals surface area contributed by atoms with Crippen molar-refractivity contribution in [1.82, 2.24) is 0 Å². The molecule has 1 heterocycles. The molecule has 0 saturated heterocycles. The zero-order valence-corrected chi connectivity index (χ0v) is 13.0. The molecule has 1 aliphatic carbocycles. The summed E-state index contributed by atoms with van der Waals surface area (Å²) in [5.74, 6) is 3.46. The molecule has 3 heteroatoms. The average Bonchev–Trinajstić information content (AvgIpc) is 3.00. The first-order valence-electron chi connectivity index (χ1n) is 7.69. The van der Waals surface area contributed by atoms with Crippen molar-refractivity contribution in [3.8, 4) is 0 Å². The van der Waals surface area contributed by atoms with Crippen molar-refractivity contribution in [2.75, 3.05) is 18.5 Å². The number of benzene rings is 1. The van der Waals surface area contributed by atoms with Gasteiger partial charge in [-0.2, -0.15) is 0 Å². The van der Waals surface area contributed by atoms with Gasteiger partial charge in [0.15, 0.2) is 0 Å². The maximum atomic E-state index is 6.08. The van der Waals surface area contributed by atoms with Gasteiger partial charge in [-0.05, 0) is 49.1 Å². The Bertz CT molecular complexity index is 619. The number of nitrogens with zero attached hydrogens (tertiary/aromatic N) is 1. The summed E-state index contributed by atoms with van der Waals surface area (Å²) in [5, 5.41) is 0. The topological polar surface area (TPSA) is 42.4 Å². The lowest BCUT2D eigenvalue weighted by Crippen LogP contribution is -2.30. The van der Waals surface area contributed by atoms with Gasteiger partial charge < -0.3 is 15.1 Å². The Kier molecular flexibility index (Phi) is 3.77. The van der Waals surface area contributed by atoms with Gasteiger partial charge in [0.25, 0.3) is 0 Å². The largest absolute Gasteiger partial charge is 0.464 e. The third-order valence-electron chi connectivity index (χ3n) is 4.55. The van der Waals surface area contributed by atoms with E-state index in [1.807, 2.05) is 0 Å². The van der Waals surface area contributed by atoms with Crippen LogP contribution in [0.15, 0.2) is 40.8 Å². The Morgan fingerprint density at radius 3 is 2.71 bits per heavy atom. The van der Waals surface area contributed by atoms with Crippen molar-refractivity contribution >= 4 is 5.69 Å². The molecule has 1 fully saturated rings. The van der Waals surface area contributed by atoms with E-state index in [9.17, 15) is 0 Å². The maximum Gasteiger partial charge on any atom is 0.127 e. The number of rotatable bonds is 5. The minimum absolute atomic E-state index is 0.0783. The lowest BCUT2D eigenvalue weighted by atomic mass is 10.1. The highest BCUT2D eigenvalue weighted by Crippen LogP contribution is 2.47. The molecule has 1 aromatic heterocycles. The molecular formula is C18H24N2O. The van der Waals surface area contributed by atoms with E-state index < -0.39 is 0 Å². The van der Waals surface area contributed by atoms with Crippen molar-refractivity contribution in [3.63, 3.8) is 0 Å². The molecule has 0 radical (unpaired) electrons. The zero-order valence-electron chi connectivity index (χ0n) is 13.0. The molecule has 1 aliphatic rings. The van der Waals surface area contributed by atoms with E-state index in [2.05, 4.69) is 62.2 Å². The monoisotopic (exact) mass is 284 g/mol. The number of anilines is 1. The van der Waals surface area contributed by atoms with Crippen LogP contribution >= 0.6 is 0 Å². The normalized spacial score (nSPS) is 22.1. The van der Waals surface area contributed by atoms with Gasteiger partial charge in [0.2, 0.25) is 0 Å². The first-order valence-corrected chi connectivity index (χ1v) is 7.69. The Hall–Kier alpha value is -1.74. The van der Waals surface area contributed by atoms with Gasteiger partial charge in [0.05, 0.1) is 6.04 Å². The lowest BCUT2D eigenvalue weighted by molar-refractivity contribution is 0.426. The van der Waals surface area contributed by atoms with Gasteiger partial charge in [-0.1, -0.05) is 19.1 Å². The molecule has 112 valence electrons. The van der Waals surface area contributed by atoms with E-state index in [-0.39, 0.29) is 6.04 Å². The highest BCUT2D eigenvalue weighted by atomic mass is 16.3. The van der Waals surface area contributed by atoms with Crippen molar-refractivity contribution in [2.45, 2.75) is 32.2 Å². The number of furan rings is 1. The summed E-state index contributed by atoms with van der Waals surface area (Å²) in [4.78, 5) is 2.20. The minimum Gasteiger partial charge on any atom is -0.464 e. The van der Waals surface area contributed by atoms with Gasteiger partial charge in [-0.3, -0.25) is 0 Å². The van der Waals surface area contributed by atoms with Crippen LogP contribution in [0.3, 0.4) is 0 Å². The molecule has 0 bridgehead atoms. The van der Waals surface area contributed by atoms with Crippen LogP contribution in [0.25, 0.3) is 0 Å². The molecule has 3 atom stereocenters. The first-order chi connectivity index (χ1) is 10.1. The third kappa shape index (κ3) is 2.84. The zero-order chi connectivity index (χ0) is 15.0. The van der Waals surface area contributed by atoms with Crippen LogP contribution in [0.5, 0.6) is 0 Å². The molecule has 21 heavy (non-hydrogen) atoms. The average molecular weight is 284 g/mol. The fraction of sp³-hybridized carbons (Fsp3) is 0.444. The number of likely N-dealkylation sites (N-methyl/N-ethyl adjacent to an activating group) is 1. The standard InChI is InChI=1S/C18H24N2O/c1-12-5-4-6-14(9-12)20(3)16(11-19)18-8-7-17(21-18)15-10-13(15)2/h4-9,13,15-16H,10-11,19H2,1-3H3. The van der Waals surface area contributed by atoms with Crippen LogP contribution in [-0.2, 0) is 0 Å². The molecule has 0 spiro atoms. The lowest BCUT2D eigenvalue weighted by Gasteiger charge is -2.27. The molecule has 3 unspecified atom stereocenters. The van der Waals surface area contributed by atoms with Crippen LogP contribution in [0.2, 0.25) is 0 Å². The first kappa shape index (κ1) is 14.2. The van der Waals surface area contributed by atoms with E-state index >= 15 is 0 Å². The summed E-state index contributed by atoms with van der Waals surface area (Å²) >= 11 is 0. The molecule has 0 aliphatic heterocycles. The van der Waals surface area contributed by atoms with Crippen LogP contribution in [-0.4, -0.2) is 13.6 Å². The summed E-state index contributed by atoms with van der Waals surface area (Å²) in [7, 11) is 2.08. The molecule has 3 rings (SSSR count). The van der Waals surface area contributed by atoms with Crippen LogP contribution in [0.4, 0.5) is 5.69 Å². The summed E-state index contributed by atoms with van der Waals surface area (Å²) in [6, 6.07) is 12.8. The van der Waals surface area contributed by atoms with Crippen molar-refractivity contribution in [1.29, 1.82) is 0 Å². The summed E-state index contributed by atoms with van der Waals surface area (Å²) in [5.41, 5.74) is 8.43. The SMILES string of the molecule is Cc1cccc(N(C)C(CN)c2ccc(C3CC3C)o2)c1. The summed E-state index contributed by atoms with van der Waals surface area (Å²) < 4.78 is 6.08. The molecule has 2 N–H and O–H groups in total. The second-order valence-corrected chi connectivity index (χ2v) is 6.26. The highest BCUT2D eigenvalue weighted by molar-refractivity contribution is 5.49. The number of nitrogens with two attached hydrogens (primary N) is 1. The Morgan fingerprint density at radius 1 is 1.33 bits per heavy atom. The number of aryl methyl sites for hydroxylation is 1. The Morgan fingerprint density at radius 2 is 2.10 bits per heavy atom. The highest BCUT2D eigenvalue weighted by Gasteiger charge is 2.37. The second-order valence-electron chi connectivity index (χ2n) is 6.26. The fourth-order valence-corrected chi connectivity index (χ4v) is 2.96. The molecule has 2 aromatic rings. The van der Waals surface area contributed by atoms with Gasteiger partial charge >= 0.3 is 0 Å². The minimum atomic E-state index is 0.0783. The van der Waals surface area contributed by atoms with E-state index in [1.54, 1.807) is 0 Å². The number of hydrogen-bond donors (Lipinski definition) is 1. The quantitative estimate of drug-likeness (QED) is 0.907. The smallest absolute Gasteiger partial charge is 0.127 e. The van der Waals surface area contributed by atoms with E-state index in [1.165, 1.54) is 17.7 Å². The fourth-order valence-electron chi connectivity index (χ4n) is 2.96. The van der Waals surface area contributed by atoms with Crippen LogP contribution in [0, 0.1) is 12.8 Å². The van der Waals surface area contributed by atoms with E-state index in [0.29, 0.717) is 12.5 Å². The summed E-state index contributed by atoms with van der Waals surface area (Å²) in [6.07, 6.45) is 1.24. The molecule has 1 saturated carbocycles. The number of hydrogen-bond acceptors (Lipinski definition) is 3. The molecule has 3 nitrogen and oxygen atoms in total. The van der Waals surface area contributed by atoms with Gasteiger partial charge in [-0.25, -0.2) is 0 Å². The van der Waals surface area contributed by atoms with Crippen molar-refractivity contribution in [2.24, 2.45) is 11.7 Å². The molecular weight excluding hydrogens is 260 g/mol. The maximum absolute atomic E-state index is 6.08.